The van der Waals surface area contributed by atoms with Gasteiger partial charge in [0.25, 0.3) is 11.3 Å². The molecule has 0 spiro atoms. The molecular weight excluding hydrogens is 404 g/mol. The van der Waals surface area contributed by atoms with E-state index in [0.29, 0.717) is 48.4 Å². The summed E-state index contributed by atoms with van der Waals surface area (Å²) in [6.07, 6.45) is 5.01. The first-order chi connectivity index (χ1) is 15.5. The van der Waals surface area contributed by atoms with E-state index in [-0.39, 0.29) is 11.5 Å². The normalized spacial score (nSPS) is 16.5. The van der Waals surface area contributed by atoms with Gasteiger partial charge in [0.15, 0.2) is 0 Å². The average Bonchev–Trinajstić information content (AvgIpc) is 3.21. The van der Waals surface area contributed by atoms with Crippen molar-refractivity contribution in [3.63, 3.8) is 0 Å². The third-order valence-corrected chi connectivity index (χ3v) is 6.38. The molecule has 3 aromatic rings. The second-order valence-electron chi connectivity index (χ2n) is 8.67. The van der Waals surface area contributed by atoms with Crippen LogP contribution >= 0.6 is 0 Å². The van der Waals surface area contributed by atoms with Crippen LogP contribution in [0.5, 0.6) is 0 Å². The van der Waals surface area contributed by atoms with Crippen LogP contribution in [0, 0.1) is 13.8 Å². The third kappa shape index (κ3) is 4.69. The number of carbonyl (C=O) groups is 1. The molecule has 2 N–H and O–H groups in total. The maximum absolute atomic E-state index is 13.1. The van der Waals surface area contributed by atoms with Gasteiger partial charge in [-0.1, -0.05) is 36.8 Å². The highest BCUT2D eigenvalue weighted by atomic mass is 16.2. The molecule has 8 nitrogen and oxygen atoms in total. The van der Waals surface area contributed by atoms with E-state index in [1.807, 2.05) is 11.8 Å². The summed E-state index contributed by atoms with van der Waals surface area (Å²) in [7, 11) is 0. The maximum Gasteiger partial charge on any atom is 0.277 e. The van der Waals surface area contributed by atoms with E-state index in [4.69, 9.17) is 0 Å². The zero-order valence-corrected chi connectivity index (χ0v) is 19.1. The fraction of sp³-hybridized carbons (Fsp3) is 0.500. The summed E-state index contributed by atoms with van der Waals surface area (Å²) in [6, 6.07) is 8.56. The minimum Gasteiger partial charge on any atom is -0.351 e. The Labute approximate surface area is 188 Å². The van der Waals surface area contributed by atoms with E-state index in [1.54, 1.807) is 0 Å². The molecule has 1 aliphatic heterocycles. The number of rotatable bonds is 7. The van der Waals surface area contributed by atoms with Gasteiger partial charge >= 0.3 is 0 Å². The number of aromatic nitrogens is 4. The molecule has 1 amide bonds. The largest absolute Gasteiger partial charge is 0.351 e. The van der Waals surface area contributed by atoms with Crippen LogP contribution in [0.3, 0.4) is 0 Å². The van der Waals surface area contributed by atoms with E-state index in [9.17, 15) is 9.59 Å². The SMILES string of the molecule is CC[C@H]1CCCCN1C(=O)CCc1c(C)nc2nc(NCc3ccc(C)cc3)[nH]n2c1=O. The number of nitrogens with one attached hydrogen (secondary N) is 2. The minimum absolute atomic E-state index is 0.130. The molecule has 1 fully saturated rings. The highest BCUT2D eigenvalue weighted by Crippen LogP contribution is 2.21. The molecule has 0 unspecified atom stereocenters. The van der Waals surface area contributed by atoms with Gasteiger partial charge in [0.05, 0.1) is 5.69 Å². The lowest BCUT2D eigenvalue weighted by molar-refractivity contribution is -0.134. The van der Waals surface area contributed by atoms with Gasteiger partial charge in [-0.15, -0.1) is 0 Å². The molecule has 1 aromatic carbocycles. The van der Waals surface area contributed by atoms with Gasteiger partial charge in [0.2, 0.25) is 11.9 Å². The molecule has 32 heavy (non-hydrogen) atoms. The molecule has 0 radical (unpaired) electrons. The lowest BCUT2D eigenvalue weighted by atomic mass is 9.99. The fourth-order valence-corrected chi connectivity index (χ4v) is 4.44. The second kappa shape index (κ2) is 9.54. The number of aromatic amines is 1. The lowest BCUT2D eigenvalue weighted by Crippen LogP contribution is -2.43. The summed E-state index contributed by atoms with van der Waals surface area (Å²) in [5, 5.41) is 6.22. The number of aryl methyl sites for hydroxylation is 2. The van der Waals surface area contributed by atoms with E-state index < -0.39 is 0 Å². The van der Waals surface area contributed by atoms with Gasteiger partial charge in [-0.05, 0) is 51.5 Å². The van der Waals surface area contributed by atoms with Crippen LogP contribution in [-0.2, 0) is 17.8 Å². The third-order valence-electron chi connectivity index (χ3n) is 6.38. The summed E-state index contributed by atoms with van der Waals surface area (Å²) in [5.74, 6) is 0.948. The summed E-state index contributed by atoms with van der Waals surface area (Å²) < 4.78 is 1.36. The van der Waals surface area contributed by atoms with Crippen molar-refractivity contribution < 1.29 is 4.79 Å². The molecule has 2 aromatic heterocycles. The fourth-order valence-electron chi connectivity index (χ4n) is 4.44. The first kappa shape index (κ1) is 22.0. The van der Waals surface area contributed by atoms with Crippen LogP contribution < -0.4 is 10.9 Å². The van der Waals surface area contributed by atoms with Crippen LogP contribution in [0.1, 0.15) is 61.4 Å². The number of benzene rings is 1. The van der Waals surface area contributed by atoms with Crippen molar-refractivity contribution in [2.75, 3.05) is 11.9 Å². The monoisotopic (exact) mass is 436 g/mol. The van der Waals surface area contributed by atoms with Crippen molar-refractivity contribution in [2.24, 2.45) is 0 Å². The molecule has 0 bridgehead atoms. The van der Waals surface area contributed by atoms with Crippen molar-refractivity contribution in [3.8, 4) is 0 Å². The van der Waals surface area contributed by atoms with E-state index in [0.717, 1.165) is 31.4 Å². The van der Waals surface area contributed by atoms with Crippen LogP contribution in [-0.4, -0.2) is 43.0 Å². The number of amides is 1. The Hall–Kier alpha value is -3.16. The van der Waals surface area contributed by atoms with E-state index in [1.165, 1.54) is 16.5 Å². The smallest absolute Gasteiger partial charge is 0.277 e. The molecular formula is C24H32N6O2. The molecule has 4 rings (SSSR count). The number of H-pyrrole nitrogens is 1. The predicted molar refractivity (Wildman–Crippen MR) is 125 cm³/mol. The number of piperidine rings is 1. The molecule has 1 aliphatic rings. The number of likely N-dealkylation sites (tertiary alicyclic amines) is 1. The first-order valence-electron chi connectivity index (χ1n) is 11.5. The van der Waals surface area contributed by atoms with Gasteiger partial charge in [-0.2, -0.15) is 9.50 Å². The van der Waals surface area contributed by atoms with Crippen molar-refractivity contribution in [1.29, 1.82) is 0 Å². The quantitative estimate of drug-likeness (QED) is 0.592. The van der Waals surface area contributed by atoms with Crippen LogP contribution in [0.4, 0.5) is 5.95 Å². The Kier molecular flexibility index (Phi) is 6.58. The summed E-state index contributed by atoms with van der Waals surface area (Å²) >= 11 is 0. The molecule has 3 heterocycles. The highest BCUT2D eigenvalue weighted by Gasteiger charge is 2.25. The summed E-state index contributed by atoms with van der Waals surface area (Å²) in [6.45, 7) is 7.40. The molecule has 8 heteroatoms. The summed E-state index contributed by atoms with van der Waals surface area (Å²) in [4.78, 5) is 36.8. The summed E-state index contributed by atoms with van der Waals surface area (Å²) in [5.41, 5.74) is 3.33. The number of hydrogen-bond donors (Lipinski definition) is 2. The van der Waals surface area contributed by atoms with Gasteiger partial charge in [0.1, 0.15) is 0 Å². The zero-order valence-electron chi connectivity index (χ0n) is 19.1. The Morgan fingerprint density at radius 1 is 1.19 bits per heavy atom. The Morgan fingerprint density at radius 2 is 1.97 bits per heavy atom. The molecule has 1 saturated heterocycles. The van der Waals surface area contributed by atoms with Crippen molar-refractivity contribution >= 4 is 17.6 Å². The van der Waals surface area contributed by atoms with Crippen LogP contribution in [0.2, 0.25) is 0 Å². The standard InChI is InChI=1S/C24H32N6O2/c1-4-19-7-5-6-14-29(19)21(31)13-12-20-17(3)26-24-27-23(28-30(24)22(20)32)25-15-18-10-8-16(2)9-11-18/h8-11,19H,4-7,12-15H2,1-3H3,(H2,25,26,27,28)/t19-/m0/s1. The number of fused-ring (bicyclic) bond motifs is 1. The second-order valence-corrected chi connectivity index (χ2v) is 8.67. The van der Waals surface area contributed by atoms with E-state index >= 15 is 0 Å². The minimum atomic E-state index is -0.193. The maximum atomic E-state index is 13.1. The van der Waals surface area contributed by atoms with Gasteiger partial charge in [-0.25, -0.2) is 4.98 Å². The lowest BCUT2D eigenvalue weighted by Gasteiger charge is -2.35. The number of carbonyl (C=O) groups excluding carboxylic acids is 1. The number of nitrogens with zero attached hydrogens (tertiary/aromatic N) is 4. The van der Waals surface area contributed by atoms with Gasteiger partial charge < -0.3 is 10.2 Å². The molecule has 1 atom stereocenters. The molecule has 0 aliphatic carbocycles. The molecule has 170 valence electrons. The van der Waals surface area contributed by atoms with Crippen LogP contribution in [0.15, 0.2) is 29.1 Å². The highest BCUT2D eigenvalue weighted by molar-refractivity contribution is 5.77. The average molecular weight is 437 g/mol. The van der Waals surface area contributed by atoms with Crippen molar-refractivity contribution in [1.82, 2.24) is 24.5 Å². The topological polar surface area (TPSA) is 95.4 Å². The molecule has 0 saturated carbocycles. The van der Waals surface area contributed by atoms with E-state index in [2.05, 4.69) is 58.5 Å². The number of hydrogen-bond acceptors (Lipinski definition) is 5. The zero-order chi connectivity index (χ0) is 22.7. The Bertz CT molecular complexity index is 1150. The van der Waals surface area contributed by atoms with Gasteiger partial charge in [0, 0.05) is 31.1 Å². The van der Waals surface area contributed by atoms with Crippen LogP contribution in [0.25, 0.3) is 5.78 Å². The van der Waals surface area contributed by atoms with Gasteiger partial charge in [-0.3, -0.25) is 14.7 Å². The Morgan fingerprint density at radius 3 is 2.72 bits per heavy atom. The van der Waals surface area contributed by atoms with Crippen molar-refractivity contribution in [3.05, 3.63) is 57.0 Å². The Balaban J connectivity index is 1.47. The first-order valence-corrected chi connectivity index (χ1v) is 11.5. The number of anilines is 1. The van der Waals surface area contributed by atoms with Crippen molar-refractivity contribution in [2.45, 2.75) is 71.9 Å². The predicted octanol–water partition coefficient (Wildman–Crippen LogP) is 3.37.